The monoisotopic (exact) mass is 240 g/mol. The van der Waals surface area contributed by atoms with Gasteiger partial charge in [-0.05, 0) is 12.6 Å². The molecule has 0 saturated carbocycles. The Kier molecular flexibility index (Phi) is 2.64. The number of para-hydroxylation sites is 1. The van der Waals surface area contributed by atoms with Crippen molar-refractivity contribution in [3.63, 3.8) is 0 Å². The molecule has 0 unspecified atom stereocenters. The lowest BCUT2D eigenvalue weighted by molar-refractivity contribution is 0.895. The molecular weight excluding hydrogens is 224 g/mol. The van der Waals surface area contributed by atoms with Gasteiger partial charge in [0.25, 0.3) is 0 Å². The van der Waals surface area contributed by atoms with Crippen LogP contribution in [0.25, 0.3) is 22.2 Å². The van der Waals surface area contributed by atoms with E-state index in [4.69, 9.17) is 5.73 Å². The Bertz CT molecular complexity index is 678. The van der Waals surface area contributed by atoms with Gasteiger partial charge in [-0.1, -0.05) is 18.2 Å². The van der Waals surface area contributed by atoms with Crippen LogP contribution in [0.2, 0.25) is 0 Å². The molecule has 18 heavy (non-hydrogen) atoms. The third kappa shape index (κ3) is 1.71. The van der Waals surface area contributed by atoms with Crippen LogP contribution in [0, 0.1) is 0 Å². The van der Waals surface area contributed by atoms with E-state index in [2.05, 4.69) is 52.0 Å². The van der Waals surface area contributed by atoms with Crippen molar-refractivity contribution in [1.29, 1.82) is 0 Å². The number of rotatable bonds is 3. The molecule has 0 spiro atoms. The summed E-state index contributed by atoms with van der Waals surface area (Å²) < 4.78 is 2.13. The van der Waals surface area contributed by atoms with Crippen LogP contribution >= 0.6 is 0 Å². The van der Waals surface area contributed by atoms with Gasteiger partial charge in [-0.3, -0.25) is 0 Å². The zero-order valence-corrected chi connectivity index (χ0v) is 10.4. The van der Waals surface area contributed by atoms with Crippen LogP contribution < -0.4 is 5.73 Å². The van der Waals surface area contributed by atoms with Crippen LogP contribution in [0.4, 0.5) is 0 Å². The molecule has 4 heteroatoms. The maximum atomic E-state index is 5.54. The number of aryl methyl sites for hydroxylation is 1. The molecule has 3 aromatic rings. The smallest absolute Gasteiger partial charge is 0.107 e. The van der Waals surface area contributed by atoms with Gasteiger partial charge in [0, 0.05) is 36.1 Å². The molecule has 0 aliphatic heterocycles. The number of H-pyrrole nitrogens is 1. The highest BCUT2D eigenvalue weighted by atomic mass is 14.9. The summed E-state index contributed by atoms with van der Waals surface area (Å²) in [5.41, 5.74) is 9.00. The van der Waals surface area contributed by atoms with Gasteiger partial charge in [0.1, 0.15) is 5.82 Å². The molecule has 0 saturated heterocycles. The maximum absolute atomic E-state index is 5.54. The van der Waals surface area contributed by atoms with Crippen LogP contribution in [0.15, 0.2) is 36.7 Å². The summed E-state index contributed by atoms with van der Waals surface area (Å²) in [6.45, 7) is 0.614. The standard InChI is InChI=1S/C14H16N4/c1-18-9-11(10-4-2-3-5-13(10)18)12-8-16-14(17-12)6-7-15/h2-5,8-9H,6-7,15H2,1H3,(H,16,17). The molecule has 2 heterocycles. The van der Waals surface area contributed by atoms with E-state index in [1.165, 1.54) is 16.5 Å². The quantitative estimate of drug-likeness (QED) is 0.736. The van der Waals surface area contributed by atoms with Gasteiger partial charge in [-0.2, -0.15) is 0 Å². The molecule has 0 aliphatic carbocycles. The Hall–Kier alpha value is -2.07. The number of nitrogens with zero attached hydrogens (tertiary/aromatic N) is 2. The third-order valence-electron chi connectivity index (χ3n) is 3.20. The van der Waals surface area contributed by atoms with Gasteiger partial charge in [0.15, 0.2) is 0 Å². The number of nitrogens with two attached hydrogens (primary N) is 1. The lowest BCUT2D eigenvalue weighted by Crippen LogP contribution is -2.03. The molecule has 0 bridgehead atoms. The number of nitrogens with one attached hydrogen (secondary N) is 1. The number of fused-ring (bicyclic) bond motifs is 1. The van der Waals surface area contributed by atoms with Gasteiger partial charge in [-0.25, -0.2) is 4.98 Å². The van der Waals surface area contributed by atoms with E-state index in [1.807, 2.05) is 6.20 Å². The second-order valence-corrected chi connectivity index (χ2v) is 4.45. The van der Waals surface area contributed by atoms with Crippen molar-refractivity contribution in [2.45, 2.75) is 6.42 Å². The summed E-state index contributed by atoms with van der Waals surface area (Å²) in [4.78, 5) is 7.68. The van der Waals surface area contributed by atoms with Crippen molar-refractivity contribution in [3.8, 4) is 11.3 Å². The lowest BCUT2D eigenvalue weighted by atomic mass is 10.1. The third-order valence-corrected chi connectivity index (χ3v) is 3.20. The molecule has 3 N–H and O–H groups in total. The van der Waals surface area contributed by atoms with Crippen LogP contribution in [0.3, 0.4) is 0 Å². The Labute approximate surface area is 105 Å². The van der Waals surface area contributed by atoms with E-state index >= 15 is 0 Å². The van der Waals surface area contributed by atoms with E-state index in [0.29, 0.717) is 6.54 Å². The van der Waals surface area contributed by atoms with Crippen molar-refractivity contribution in [1.82, 2.24) is 14.5 Å². The van der Waals surface area contributed by atoms with Gasteiger partial charge < -0.3 is 15.3 Å². The van der Waals surface area contributed by atoms with E-state index in [9.17, 15) is 0 Å². The van der Waals surface area contributed by atoms with Crippen LogP contribution in [-0.4, -0.2) is 21.1 Å². The molecular formula is C14H16N4. The van der Waals surface area contributed by atoms with Crippen molar-refractivity contribution >= 4 is 10.9 Å². The molecule has 0 fully saturated rings. The number of imidazole rings is 1. The van der Waals surface area contributed by atoms with E-state index in [0.717, 1.165) is 17.9 Å². The molecule has 0 aliphatic rings. The van der Waals surface area contributed by atoms with Crippen molar-refractivity contribution in [2.75, 3.05) is 6.54 Å². The second-order valence-electron chi connectivity index (χ2n) is 4.45. The minimum absolute atomic E-state index is 0.614. The Morgan fingerprint density at radius 1 is 1.33 bits per heavy atom. The van der Waals surface area contributed by atoms with Gasteiger partial charge in [0.2, 0.25) is 0 Å². The predicted molar refractivity (Wildman–Crippen MR) is 73.3 cm³/mol. The Morgan fingerprint density at radius 3 is 3.00 bits per heavy atom. The van der Waals surface area contributed by atoms with E-state index in [1.54, 1.807) is 0 Å². The van der Waals surface area contributed by atoms with Crippen LogP contribution in [0.1, 0.15) is 5.82 Å². The summed E-state index contributed by atoms with van der Waals surface area (Å²) in [6.07, 6.45) is 4.79. The number of aromatic amines is 1. The highest BCUT2D eigenvalue weighted by Gasteiger charge is 2.10. The first-order chi connectivity index (χ1) is 8.79. The molecule has 0 atom stereocenters. The number of hydrogen-bond acceptors (Lipinski definition) is 2. The SMILES string of the molecule is Cn1cc(-c2cnc(CCN)[nH]2)c2ccccc21. The first-order valence-corrected chi connectivity index (χ1v) is 6.08. The van der Waals surface area contributed by atoms with Crippen molar-refractivity contribution in [2.24, 2.45) is 12.8 Å². The van der Waals surface area contributed by atoms with Gasteiger partial charge in [-0.15, -0.1) is 0 Å². The zero-order chi connectivity index (χ0) is 12.5. The van der Waals surface area contributed by atoms with Crippen molar-refractivity contribution < 1.29 is 0 Å². The zero-order valence-electron chi connectivity index (χ0n) is 10.4. The fourth-order valence-electron chi connectivity index (χ4n) is 2.32. The predicted octanol–water partition coefficient (Wildman–Crippen LogP) is 2.07. The van der Waals surface area contributed by atoms with E-state index < -0.39 is 0 Å². The van der Waals surface area contributed by atoms with Crippen LogP contribution in [0.5, 0.6) is 0 Å². The highest BCUT2D eigenvalue weighted by Crippen LogP contribution is 2.28. The highest BCUT2D eigenvalue weighted by molar-refractivity contribution is 5.95. The summed E-state index contributed by atoms with van der Waals surface area (Å²) in [5.74, 6) is 0.945. The average molecular weight is 240 g/mol. The fraction of sp³-hybridized carbons (Fsp3) is 0.214. The van der Waals surface area contributed by atoms with Crippen LogP contribution in [-0.2, 0) is 13.5 Å². The Morgan fingerprint density at radius 2 is 2.17 bits per heavy atom. The summed E-state index contributed by atoms with van der Waals surface area (Å²) >= 11 is 0. The molecule has 0 amide bonds. The number of aromatic nitrogens is 3. The largest absolute Gasteiger partial charge is 0.350 e. The van der Waals surface area contributed by atoms with Crippen molar-refractivity contribution in [3.05, 3.63) is 42.5 Å². The lowest BCUT2D eigenvalue weighted by Gasteiger charge is -1.95. The number of benzene rings is 1. The first kappa shape index (κ1) is 11.0. The molecule has 2 aromatic heterocycles. The topological polar surface area (TPSA) is 59.6 Å². The average Bonchev–Trinajstić information content (AvgIpc) is 2.96. The maximum Gasteiger partial charge on any atom is 0.107 e. The molecule has 4 nitrogen and oxygen atoms in total. The van der Waals surface area contributed by atoms with Gasteiger partial charge in [0.05, 0.1) is 11.9 Å². The molecule has 0 radical (unpaired) electrons. The minimum atomic E-state index is 0.614. The number of hydrogen-bond donors (Lipinski definition) is 2. The minimum Gasteiger partial charge on any atom is -0.350 e. The normalized spacial score (nSPS) is 11.2. The Balaban J connectivity index is 2.13. The van der Waals surface area contributed by atoms with E-state index in [-0.39, 0.29) is 0 Å². The summed E-state index contributed by atoms with van der Waals surface area (Å²) in [5, 5.41) is 1.24. The molecule has 1 aromatic carbocycles. The first-order valence-electron chi connectivity index (χ1n) is 6.08. The summed E-state index contributed by atoms with van der Waals surface area (Å²) in [6, 6.07) is 8.37. The fourth-order valence-corrected chi connectivity index (χ4v) is 2.32. The van der Waals surface area contributed by atoms with Gasteiger partial charge >= 0.3 is 0 Å². The summed E-state index contributed by atoms with van der Waals surface area (Å²) in [7, 11) is 2.06. The molecule has 3 rings (SSSR count). The second kappa shape index (κ2) is 4.31. The molecule has 92 valence electrons.